The molecule has 12 nitrogen and oxygen atoms in total. The third-order valence-electron chi connectivity index (χ3n) is 10.4. The number of hydrazine groups is 1. The Kier molecular flexibility index (Phi) is 11.0. The van der Waals surface area contributed by atoms with E-state index in [1.807, 2.05) is 24.3 Å². The summed E-state index contributed by atoms with van der Waals surface area (Å²) in [7, 11) is -4.52. The Labute approximate surface area is 278 Å². The molecule has 2 bridgehead atoms. The van der Waals surface area contributed by atoms with Gasteiger partial charge in [-0.15, -0.1) is 0 Å². The van der Waals surface area contributed by atoms with E-state index in [1.54, 1.807) is 23.6 Å². The van der Waals surface area contributed by atoms with Gasteiger partial charge in [-0.25, -0.2) is 23.5 Å². The molecule has 3 saturated carbocycles. The quantitative estimate of drug-likeness (QED) is 0.0690. The highest BCUT2D eigenvalue weighted by molar-refractivity contribution is 7.91. The van der Waals surface area contributed by atoms with Gasteiger partial charge in [0.1, 0.15) is 0 Å². The number of sulfone groups is 1. The van der Waals surface area contributed by atoms with Gasteiger partial charge < -0.3 is 20.4 Å². The lowest BCUT2D eigenvalue weighted by Gasteiger charge is -2.64. The first-order chi connectivity index (χ1) is 21.6. The second kappa shape index (κ2) is 14.1. The maximum atomic E-state index is 14.0. The van der Waals surface area contributed by atoms with Crippen LogP contribution >= 0.6 is 0 Å². The number of hydrogen-bond donors (Lipinski definition) is 3. The summed E-state index contributed by atoms with van der Waals surface area (Å²) in [5.74, 6) is -1.42. The molecule has 2 aromatic carbocycles. The minimum Gasteiger partial charge on any atom is -0.404 e. The average Bonchev–Trinajstić information content (AvgIpc) is 3.34. The maximum Gasteiger partial charge on any atom is 0.481 e. The SMILES string of the molecule is C.CC(C)C[C@H](NC(=O)[C@H](CCCN=C(N)N[N+](=O)[O-])CS(=O)(=O)c1ccc2ccccc2c1)B1O[C@@H]2C[C@@H]3C[C@@H](C3(C)C)[C@]2(C)O1. The molecule has 6 rings (SSSR count). The number of hydrogen-bond acceptors (Lipinski definition) is 8. The molecule has 0 aromatic heterocycles. The molecule has 4 fully saturated rings. The standard InChI is InChI=1S/C32H46BN5O7S.CH4/c1-20(2)15-28(33-44-27-18-24-17-26(31(24,3)4)32(27,5)45-33)36-29(39)23(11-8-14-35-30(34)37-38(40)41)19-46(42,43)25-13-12-21-9-6-7-10-22(21)16-25;/h6-7,9-10,12-13,16,20,23-24,26-28H,8,11,14-15,17-19H2,1-5H3,(H,36,39)(H3,34,35,37);1H4/t23-,24+,26+,27-,28+,32+;/m1./s1. The number of guanidine groups is 1. The van der Waals surface area contributed by atoms with Gasteiger partial charge in [-0.1, -0.05) is 70.9 Å². The van der Waals surface area contributed by atoms with Crippen LogP contribution < -0.4 is 16.5 Å². The summed E-state index contributed by atoms with van der Waals surface area (Å²) in [6.07, 6.45) is 3.02. The number of carbonyl (C=O) groups is 1. The highest BCUT2D eigenvalue weighted by Gasteiger charge is 2.68. The molecular weight excluding hydrogens is 621 g/mol. The van der Waals surface area contributed by atoms with Gasteiger partial charge in [-0.2, -0.15) is 0 Å². The molecule has 47 heavy (non-hydrogen) atoms. The van der Waals surface area contributed by atoms with E-state index in [4.69, 9.17) is 15.0 Å². The van der Waals surface area contributed by atoms with E-state index < -0.39 is 51.1 Å². The van der Waals surface area contributed by atoms with Gasteiger partial charge in [-0.05, 0) is 85.1 Å². The van der Waals surface area contributed by atoms with Crippen molar-refractivity contribution in [2.45, 2.75) is 96.7 Å². The first kappa shape index (κ1) is 36.6. The molecule has 0 radical (unpaired) electrons. The molecule has 4 N–H and O–H groups in total. The Morgan fingerprint density at radius 2 is 1.87 bits per heavy atom. The van der Waals surface area contributed by atoms with Crippen LogP contribution in [0.1, 0.15) is 74.1 Å². The number of fused-ring (bicyclic) bond motifs is 1. The van der Waals surface area contributed by atoms with Gasteiger partial charge in [-0.3, -0.25) is 4.79 Å². The van der Waals surface area contributed by atoms with E-state index in [-0.39, 0.29) is 55.1 Å². The molecule has 1 amide bonds. The van der Waals surface area contributed by atoms with E-state index in [9.17, 15) is 23.3 Å². The summed E-state index contributed by atoms with van der Waals surface area (Å²) in [5.41, 5.74) is 7.05. The lowest BCUT2D eigenvalue weighted by atomic mass is 9.43. The fourth-order valence-corrected chi connectivity index (χ4v) is 9.42. The van der Waals surface area contributed by atoms with Crippen molar-refractivity contribution in [2.24, 2.45) is 39.8 Å². The molecule has 1 heterocycles. The van der Waals surface area contributed by atoms with Crippen molar-refractivity contribution < 1.29 is 27.6 Å². The molecule has 6 atom stereocenters. The Morgan fingerprint density at radius 1 is 1.17 bits per heavy atom. The molecule has 3 aliphatic carbocycles. The molecule has 0 unspecified atom stereocenters. The third-order valence-corrected chi connectivity index (χ3v) is 12.2. The topological polar surface area (TPSA) is 175 Å². The zero-order valence-corrected chi connectivity index (χ0v) is 28.1. The second-order valence-electron chi connectivity index (χ2n) is 14.3. The Balaban J connectivity index is 0.00000500. The van der Waals surface area contributed by atoms with Crippen LogP contribution in [0.5, 0.6) is 0 Å². The minimum atomic E-state index is -3.87. The molecule has 0 spiro atoms. The minimum absolute atomic E-state index is 0. The number of rotatable bonds is 13. The van der Waals surface area contributed by atoms with E-state index >= 15 is 0 Å². The Hall–Kier alpha value is -3.23. The number of carbonyl (C=O) groups excluding carboxylic acids is 1. The average molecular weight is 672 g/mol. The van der Waals surface area contributed by atoms with Crippen LogP contribution in [0.4, 0.5) is 0 Å². The van der Waals surface area contributed by atoms with Crippen molar-refractivity contribution in [3.8, 4) is 0 Å². The molecule has 1 aliphatic heterocycles. The molecule has 1 saturated heterocycles. The summed E-state index contributed by atoms with van der Waals surface area (Å²) < 4.78 is 40.7. The van der Waals surface area contributed by atoms with Gasteiger partial charge in [0.2, 0.25) is 5.91 Å². The van der Waals surface area contributed by atoms with Crippen LogP contribution in [0.2, 0.25) is 0 Å². The summed E-state index contributed by atoms with van der Waals surface area (Å²) in [6.45, 7) is 10.9. The summed E-state index contributed by atoms with van der Waals surface area (Å²) in [4.78, 5) is 28.7. The van der Waals surface area contributed by atoms with E-state index in [2.05, 4.69) is 44.9 Å². The summed E-state index contributed by atoms with van der Waals surface area (Å²) in [5, 5.41) is 14.7. The molecule has 2 aromatic rings. The van der Waals surface area contributed by atoms with Gasteiger partial charge in [0.05, 0.1) is 34.2 Å². The predicted octanol–water partition coefficient (Wildman–Crippen LogP) is 4.54. The Bertz CT molecular complexity index is 1600. The zero-order chi connectivity index (χ0) is 33.4. The van der Waals surface area contributed by atoms with Crippen LogP contribution in [0.15, 0.2) is 52.4 Å². The van der Waals surface area contributed by atoms with Gasteiger partial charge in [0, 0.05) is 6.54 Å². The lowest BCUT2D eigenvalue weighted by molar-refractivity contribution is -0.525. The zero-order valence-electron chi connectivity index (χ0n) is 27.3. The van der Waals surface area contributed by atoms with E-state index in [0.717, 1.165) is 23.6 Å². The lowest BCUT2D eigenvalue weighted by Crippen LogP contribution is -2.65. The van der Waals surface area contributed by atoms with Crippen LogP contribution in [-0.4, -0.2) is 62.4 Å². The fourth-order valence-electron chi connectivity index (χ4n) is 7.80. The highest BCUT2D eigenvalue weighted by atomic mass is 32.2. The van der Waals surface area contributed by atoms with Gasteiger partial charge in [0.25, 0.3) is 5.96 Å². The van der Waals surface area contributed by atoms with Crippen LogP contribution in [0, 0.1) is 39.2 Å². The van der Waals surface area contributed by atoms with Crippen molar-refractivity contribution in [1.82, 2.24) is 10.7 Å². The van der Waals surface area contributed by atoms with Crippen LogP contribution in [-0.2, 0) is 23.9 Å². The monoisotopic (exact) mass is 671 g/mol. The van der Waals surface area contributed by atoms with Crippen molar-refractivity contribution in [3.63, 3.8) is 0 Å². The molecular formula is C33H50BN5O7S. The number of nitro groups is 1. The van der Waals surface area contributed by atoms with Gasteiger partial charge >= 0.3 is 7.12 Å². The number of nitrogens with two attached hydrogens (primary N) is 1. The number of amides is 1. The summed E-state index contributed by atoms with van der Waals surface area (Å²) in [6, 6.07) is 12.4. The second-order valence-corrected chi connectivity index (χ2v) is 16.4. The summed E-state index contributed by atoms with van der Waals surface area (Å²) >= 11 is 0. The maximum absolute atomic E-state index is 14.0. The Morgan fingerprint density at radius 3 is 2.53 bits per heavy atom. The van der Waals surface area contributed by atoms with Crippen molar-refractivity contribution in [3.05, 3.63) is 52.6 Å². The number of nitrogens with zero attached hydrogens (tertiary/aromatic N) is 2. The van der Waals surface area contributed by atoms with E-state index in [0.29, 0.717) is 18.3 Å². The number of benzene rings is 2. The fraction of sp³-hybridized carbons (Fsp3) is 0.636. The molecule has 258 valence electrons. The van der Waals surface area contributed by atoms with Crippen LogP contribution in [0.3, 0.4) is 0 Å². The van der Waals surface area contributed by atoms with Crippen LogP contribution in [0.25, 0.3) is 10.8 Å². The number of aliphatic imine (C=N–C) groups is 1. The van der Waals surface area contributed by atoms with Crippen molar-refractivity contribution in [1.29, 1.82) is 0 Å². The molecule has 4 aliphatic rings. The molecule has 14 heteroatoms. The first-order valence-corrected chi connectivity index (χ1v) is 17.8. The first-order valence-electron chi connectivity index (χ1n) is 16.2. The number of nitrogens with one attached hydrogen (secondary N) is 2. The normalized spacial score (nSPS) is 26.1. The third kappa shape index (κ3) is 7.75. The van der Waals surface area contributed by atoms with Crippen molar-refractivity contribution in [2.75, 3.05) is 12.3 Å². The predicted molar refractivity (Wildman–Crippen MR) is 184 cm³/mol. The largest absolute Gasteiger partial charge is 0.481 e. The van der Waals surface area contributed by atoms with E-state index in [1.165, 1.54) is 0 Å². The highest BCUT2D eigenvalue weighted by Crippen LogP contribution is 2.65. The smallest absolute Gasteiger partial charge is 0.404 e. The van der Waals surface area contributed by atoms with Gasteiger partial charge in [0.15, 0.2) is 14.9 Å². The van der Waals surface area contributed by atoms with Crippen molar-refractivity contribution >= 4 is 39.6 Å².